The van der Waals surface area contributed by atoms with E-state index in [1.807, 2.05) is 6.92 Å². The molecule has 7 heteroatoms. The molecule has 1 heterocycles. The lowest BCUT2D eigenvalue weighted by Crippen LogP contribution is -2.59. The molecular formula is C14H26N4O3. The Labute approximate surface area is 125 Å². The third-order valence-corrected chi connectivity index (χ3v) is 4.41. The maximum Gasteiger partial charge on any atom is 0.315 e. The molecular weight excluding hydrogens is 272 g/mol. The fourth-order valence-corrected chi connectivity index (χ4v) is 3.13. The minimum Gasteiger partial charge on any atom is -0.391 e. The van der Waals surface area contributed by atoms with E-state index >= 15 is 0 Å². The Kier molecular flexibility index (Phi) is 5.41. The summed E-state index contributed by atoms with van der Waals surface area (Å²) >= 11 is 0. The molecule has 1 aliphatic carbocycles. The molecule has 1 aliphatic heterocycles. The van der Waals surface area contributed by atoms with Crippen LogP contribution in [0.25, 0.3) is 0 Å². The predicted molar refractivity (Wildman–Crippen MR) is 78.8 cm³/mol. The number of carbonyl (C=O) groups is 2. The highest BCUT2D eigenvalue weighted by molar-refractivity contribution is 5.91. The fraction of sp³-hybridized carbons (Fsp3) is 0.857. The second kappa shape index (κ2) is 7.09. The standard InChI is InChI=1S/C14H26N4O3/c1-2-16-13(21)18-14(5-3-4-6-14)12(20)17-8-10-7-15-9-11(10)19/h10-11,15,19H,2-9H2,1H3,(H,17,20)(H2,16,18,21). The zero-order chi connectivity index (χ0) is 15.3. The van der Waals surface area contributed by atoms with Gasteiger partial charge in [-0.3, -0.25) is 4.79 Å². The maximum atomic E-state index is 12.5. The van der Waals surface area contributed by atoms with Gasteiger partial charge in [0.25, 0.3) is 0 Å². The highest BCUT2D eigenvalue weighted by atomic mass is 16.3. The topological polar surface area (TPSA) is 102 Å². The number of nitrogens with one attached hydrogen (secondary N) is 4. The van der Waals surface area contributed by atoms with Crippen molar-refractivity contribution in [1.29, 1.82) is 0 Å². The third kappa shape index (κ3) is 3.85. The van der Waals surface area contributed by atoms with Crippen LogP contribution in [-0.2, 0) is 4.79 Å². The molecule has 0 aromatic rings. The van der Waals surface area contributed by atoms with Crippen LogP contribution in [-0.4, -0.2) is 54.9 Å². The van der Waals surface area contributed by atoms with Crippen LogP contribution in [0.3, 0.4) is 0 Å². The largest absolute Gasteiger partial charge is 0.391 e. The van der Waals surface area contributed by atoms with Crippen molar-refractivity contribution in [3.8, 4) is 0 Å². The van der Waals surface area contributed by atoms with Crippen LogP contribution in [0.2, 0.25) is 0 Å². The van der Waals surface area contributed by atoms with Crippen molar-refractivity contribution in [3.63, 3.8) is 0 Å². The molecule has 7 nitrogen and oxygen atoms in total. The summed E-state index contributed by atoms with van der Waals surface area (Å²) in [5, 5.41) is 21.3. The Bertz CT molecular complexity index is 382. The van der Waals surface area contributed by atoms with Crippen molar-refractivity contribution in [2.75, 3.05) is 26.2 Å². The lowest BCUT2D eigenvalue weighted by atomic mass is 9.95. The minimum atomic E-state index is -0.795. The van der Waals surface area contributed by atoms with Gasteiger partial charge in [0.2, 0.25) is 5.91 Å². The van der Waals surface area contributed by atoms with E-state index in [1.165, 1.54) is 0 Å². The lowest BCUT2D eigenvalue weighted by molar-refractivity contribution is -0.127. The van der Waals surface area contributed by atoms with E-state index in [9.17, 15) is 14.7 Å². The van der Waals surface area contributed by atoms with E-state index in [0.717, 1.165) is 12.8 Å². The van der Waals surface area contributed by atoms with Crippen molar-refractivity contribution in [2.45, 2.75) is 44.2 Å². The first-order chi connectivity index (χ1) is 10.1. The van der Waals surface area contributed by atoms with Crippen molar-refractivity contribution in [3.05, 3.63) is 0 Å². The van der Waals surface area contributed by atoms with Crippen LogP contribution < -0.4 is 21.3 Å². The summed E-state index contributed by atoms with van der Waals surface area (Å²) in [5.41, 5.74) is -0.795. The second-order valence-corrected chi connectivity index (χ2v) is 5.97. The third-order valence-electron chi connectivity index (χ3n) is 4.41. The average Bonchev–Trinajstić information content (AvgIpc) is 3.06. The minimum absolute atomic E-state index is 0.0388. The molecule has 0 radical (unpaired) electrons. The van der Waals surface area contributed by atoms with Gasteiger partial charge in [-0.2, -0.15) is 0 Å². The fourth-order valence-electron chi connectivity index (χ4n) is 3.13. The number of urea groups is 1. The van der Waals surface area contributed by atoms with Crippen LogP contribution in [0.15, 0.2) is 0 Å². The molecule has 2 unspecified atom stereocenters. The highest BCUT2D eigenvalue weighted by Gasteiger charge is 2.42. The predicted octanol–water partition coefficient (Wildman–Crippen LogP) is -0.685. The Morgan fingerprint density at radius 2 is 1.95 bits per heavy atom. The number of amides is 3. The van der Waals surface area contributed by atoms with Crippen LogP contribution in [0.1, 0.15) is 32.6 Å². The van der Waals surface area contributed by atoms with Gasteiger partial charge in [-0.15, -0.1) is 0 Å². The molecule has 2 aliphatic rings. The second-order valence-electron chi connectivity index (χ2n) is 5.97. The Hall–Kier alpha value is -1.34. The summed E-state index contributed by atoms with van der Waals surface area (Å²) in [7, 11) is 0. The molecule has 2 atom stereocenters. The first kappa shape index (κ1) is 16.0. The molecule has 0 spiro atoms. The molecule has 2 fully saturated rings. The van der Waals surface area contributed by atoms with E-state index in [1.54, 1.807) is 0 Å². The van der Waals surface area contributed by atoms with Crippen molar-refractivity contribution >= 4 is 11.9 Å². The summed E-state index contributed by atoms with van der Waals surface area (Å²) in [6, 6.07) is -0.294. The SMILES string of the molecule is CCNC(=O)NC1(C(=O)NCC2CNCC2O)CCCC1. The van der Waals surface area contributed by atoms with Gasteiger partial charge in [0.05, 0.1) is 6.10 Å². The number of rotatable bonds is 5. The summed E-state index contributed by atoms with van der Waals surface area (Å²) in [4.78, 5) is 24.3. The summed E-state index contributed by atoms with van der Waals surface area (Å²) in [6.45, 7) is 4.09. The molecule has 1 saturated carbocycles. The average molecular weight is 298 g/mol. The number of carbonyl (C=O) groups excluding carboxylic acids is 2. The first-order valence-corrected chi connectivity index (χ1v) is 7.80. The smallest absolute Gasteiger partial charge is 0.315 e. The molecule has 0 aromatic carbocycles. The quantitative estimate of drug-likeness (QED) is 0.464. The van der Waals surface area contributed by atoms with E-state index < -0.39 is 11.6 Å². The Morgan fingerprint density at radius 3 is 2.52 bits per heavy atom. The number of hydrogen-bond donors (Lipinski definition) is 5. The van der Waals surface area contributed by atoms with Crippen LogP contribution in [0.5, 0.6) is 0 Å². The molecule has 3 amide bonds. The van der Waals surface area contributed by atoms with Gasteiger partial charge >= 0.3 is 6.03 Å². The molecule has 1 saturated heterocycles. The van der Waals surface area contributed by atoms with Gasteiger partial charge in [-0.05, 0) is 19.8 Å². The number of aliphatic hydroxyl groups is 1. The number of hydrogen-bond acceptors (Lipinski definition) is 4. The van der Waals surface area contributed by atoms with Crippen molar-refractivity contribution in [1.82, 2.24) is 21.3 Å². The van der Waals surface area contributed by atoms with Gasteiger partial charge in [-0.1, -0.05) is 12.8 Å². The van der Waals surface area contributed by atoms with Crippen LogP contribution in [0, 0.1) is 5.92 Å². The molecule has 120 valence electrons. The highest BCUT2D eigenvalue weighted by Crippen LogP contribution is 2.30. The first-order valence-electron chi connectivity index (χ1n) is 7.80. The van der Waals surface area contributed by atoms with Crippen molar-refractivity contribution < 1.29 is 14.7 Å². The number of β-amino-alcohol motifs (C(OH)–C–C–N with tert-alkyl or cyclic N) is 1. The van der Waals surface area contributed by atoms with E-state index in [0.29, 0.717) is 39.0 Å². The Balaban J connectivity index is 1.90. The van der Waals surface area contributed by atoms with Crippen molar-refractivity contribution in [2.24, 2.45) is 5.92 Å². The zero-order valence-corrected chi connectivity index (χ0v) is 12.6. The molecule has 21 heavy (non-hydrogen) atoms. The molecule has 0 bridgehead atoms. The van der Waals surface area contributed by atoms with E-state index in [4.69, 9.17) is 0 Å². The zero-order valence-electron chi connectivity index (χ0n) is 12.6. The molecule has 0 aromatic heterocycles. The maximum absolute atomic E-state index is 12.5. The van der Waals surface area contributed by atoms with Gasteiger partial charge in [0.15, 0.2) is 0 Å². The van der Waals surface area contributed by atoms with E-state index in [-0.39, 0.29) is 17.9 Å². The molecule has 2 rings (SSSR count). The van der Waals surface area contributed by atoms with E-state index in [2.05, 4.69) is 21.3 Å². The monoisotopic (exact) mass is 298 g/mol. The lowest BCUT2D eigenvalue weighted by Gasteiger charge is -2.29. The number of aliphatic hydroxyl groups excluding tert-OH is 1. The van der Waals surface area contributed by atoms with Gasteiger partial charge in [0.1, 0.15) is 5.54 Å². The van der Waals surface area contributed by atoms with Gasteiger partial charge in [-0.25, -0.2) is 4.79 Å². The normalized spacial score (nSPS) is 27.3. The van der Waals surface area contributed by atoms with Gasteiger partial charge in [0, 0.05) is 32.1 Å². The van der Waals surface area contributed by atoms with Crippen LogP contribution >= 0.6 is 0 Å². The van der Waals surface area contributed by atoms with Gasteiger partial charge < -0.3 is 26.4 Å². The summed E-state index contributed by atoms with van der Waals surface area (Å²) in [6.07, 6.45) is 2.80. The summed E-state index contributed by atoms with van der Waals surface area (Å²) in [5.74, 6) is -0.0952. The summed E-state index contributed by atoms with van der Waals surface area (Å²) < 4.78 is 0. The van der Waals surface area contributed by atoms with Crippen LogP contribution in [0.4, 0.5) is 4.79 Å². The Morgan fingerprint density at radius 1 is 1.24 bits per heavy atom. The molecule has 5 N–H and O–H groups in total.